The molecule has 2 aromatic rings. The van der Waals surface area contributed by atoms with E-state index in [-0.39, 0.29) is 18.1 Å². The van der Waals surface area contributed by atoms with Gasteiger partial charge in [-0.05, 0) is 25.8 Å². The van der Waals surface area contributed by atoms with Gasteiger partial charge in [0.15, 0.2) is 5.69 Å². The number of aromatic amines is 1. The van der Waals surface area contributed by atoms with Gasteiger partial charge in [-0.15, -0.1) is 0 Å². The second kappa shape index (κ2) is 7.20. The Morgan fingerprint density at radius 3 is 3.12 bits per heavy atom. The summed E-state index contributed by atoms with van der Waals surface area (Å²) in [5.74, 6) is -0.120. The molecule has 0 bridgehead atoms. The summed E-state index contributed by atoms with van der Waals surface area (Å²) >= 11 is 0. The van der Waals surface area contributed by atoms with E-state index in [9.17, 15) is 4.79 Å². The molecule has 26 heavy (non-hydrogen) atoms. The van der Waals surface area contributed by atoms with Gasteiger partial charge in [0.1, 0.15) is 0 Å². The largest absolute Gasteiger partial charge is 0.373 e. The fraction of sp³-hybridized carbons (Fsp3) is 0.611. The molecule has 2 N–H and O–H groups in total. The average molecular weight is 358 g/mol. The van der Waals surface area contributed by atoms with Crippen molar-refractivity contribution < 1.29 is 9.53 Å². The van der Waals surface area contributed by atoms with E-state index in [4.69, 9.17) is 4.74 Å². The smallest absolute Gasteiger partial charge is 0.272 e. The van der Waals surface area contributed by atoms with Gasteiger partial charge in [0.25, 0.3) is 5.91 Å². The number of imidazole rings is 1. The summed E-state index contributed by atoms with van der Waals surface area (Å²) < 4.78 is 8.06. The van der Waals surface area contributed by atoms with Gasteiger partial charge in [0, 0.05) is 37.6 Å². The molecule has 0 aromatic carbocycles. The summed E-state index contributed by atoms with van der Waals surface area (Å²) in [5.41, 5.74) is 3.82. The van der Waals surface area contributed by atoms with E-state index in [2.05, 4.69) is 32.3 Å². The van der Waals surface area contributed by atoms with Gasteiger partial charge in [0.2, 0.25) is 0 Å². The summed E-state index contributed by atoms with van der Waals surface area (Å²) in [6, 6.07) is 0.0754. The van der Waals surface area contributed by atoms with Gasteiger partial charge in [-0.3, -0.25) is 14.8 Å². The molecule has 4 rings (SSSR count). The van der Waals surface area contributed by atoms with Crippen molar-refractivity contribution in [3.05, 3.63) is 35.2 Å². The number of rotatable bonds is 5. The van der Waals surface area contributed by atoms with Crippen molar-refractivity contribution in [1.82, 2.24) is 30.0 Å². The third kappa shape index (κ3) is 3.03. The zero-order valence-electron chi connectivity index (χ0n) is 15.4. The SMILES string of the molecule is CCN1CCO[C@@H](CNC(=O)c2n[nH]c3c2CCC3)[C@@H]1c1cncn1C. The Morgan fingerprint density at radius 1 is 1.46 bits per heavy atom. The van der Waals surface area contributed by atoms with Crippen LogP contribution in [0.5, 0.6) is 0 Å². The van der Waals surface area contributed by atoms with Gasteiger partial charge in [-0.25, -0.2) is 4.98 Å². The molecule has 3 heterocycles. The Kier molecular flexibility index (Phi) is 4.78. The number of hydrogen-bond acceptors (Lipinski definition) is 5. The molecule has 1 saturated heterocycles. The maximum atomic E-state index is 12.6. The monoisotopic (exact) mass is 358 g/mol. The van der Waals surface area contributed by atoms with Gasteiger partial charge in [0.05, 0.1) is 30.8 Å². The first-order valence-electron chi connectivity index (χ1n) is 9.35. The molecule has 2 atom stereocenters. The molecule has 2 aliphatic rings. The Balaban J connectivity index is 1.48. The zero-order valence-corrected chi connectivity index (χ0v) is 15.4. The minimum Gasteiger partial charge on any atom is -0.373 e. The number of fused-ring (bicyclic) bond motifs is 1. The highest BCUT2D eigenvalue weighted by molar-refractivity contribution is 5.94. The van der Waals surface area contributed by atoms with E-state index in [1.165, 1.54) is 0 Å². The highest BCUT2D eigenvalue weighted by Gasteiger charge is 2.35. The number of carbonyl (C=O) groups is 1. The molecule has 1 amide bonds. The standard InChI is InChI=1S/C18H26N6O2/c1-3-24-7-8-26-15(17(24)14-9-19-11-23(14)2)10-20-18(25)16-12-5-4-6-13(12)21-22-16/h9,11,15,17H,3-8,10H2,1-2H3,(H,20,25)(H,21,22)/t15-,17-/m0/s1. The number of aryl methyl sites for hydroxylation is 2. The van der Waals surface area contributed by atoms with Crippen molar-refractivity contribution in [2.45, 2.75) is 38.3 Å². The van der Waals surface area contributed by atoms with Crippen molar-refractivity contribution in [2.75, 3.05) is 26.2 Å². The molecular weight excluding hydrogens is 332 g/mol. The third-order valence-electron chi connectivity index (χ3n) is 5.50. The molecule has 1 aliphatic carbocycles. The van der Waals surface area contributed by atoms with Gasteiger partial charge >= 0.3 is 0 Å². The Hall–Kier alpha value is -2.19. The van der Waals surface area contributed by atoms with Crippen LogP contribution in [0, 0.1) is 0 Å². The number of carbonyl (C=O) groups excluding carboxylic acids is 1. The normalized spacial score (nSPS) is 23.2. The van der Waals surface area contributed by atoms with Crippen LogP contribution in [0.4, 0.5) is 0 Å². The average Bonchev–Trinajstić information content (AvgIpc) is 3.36. The van der Waals surface area contributed by atoms with Crippen molar-refractivity contribution in [3.8, 4) is 0 Å². The minimum absolute atomic E-state index is 0.0754. The highest BCUT2D eigenvalue weighted by atomic mass is 16.5. The topological polar surface area (TPSA) is 88.1 Å². The lowest BCUT2D eigenvalue weighted by Gasteiger charge is -2.40. The zero-order chi connectivity index (χ0) is 18.1. The Morgan fingerprint density at radius 2 is 2.35 bits per heavy atom. The van der Waals surface area contributed by atoms with Crippen LogP contribution >= 0.6 is 0 Å². The molecule has 0 saturated carbocycles. The Bertz CT molecular complexity index is 782. The highest BCUT2D eigenvalue weighted by Crippen LogP contribution is 2.29. The molecular formula is C18H26N6O2. The van der Waals surface area contributed by atoms with Crippen LogP contribution < -0.4 is 5.32 Å². The number of aromatic nitrogens is 4. The maximum absolute atomic E-state index is 12.6. The Labute approximate surface area is 152 Å². The van der Waals surface area contributed by atoms with Crippen LogP contribution in [0.3, 0.4) is 0 Å². The fourth-order valence-corrected chi connectivity index (χ4v) is 4.13. The summed E-state index contributed by atoms with van der Waals surface area (Å²) in [4.78, 5) is 19.3. The quantitative estimate of drug-likeness (QED) is 0.826. The van der Waals surface area contributed by atoms with E-state index in [1.54, 1.807) is 6.33 Å². The van der Waals surface area contributed by atoms with Crippen LogP contribution in [0.25, 0.3) is 0 Å². The lowest BCUT2D eigenvalue weighted by molar-refractivity contribution is -0.0706. The molecule has 1 fully saturated rings. The summed E-state index contributed by atoms with van der Waals surface area (Å²) in [5, 5.41) is 10.2. The summed E-state index contributed by atoms with van der Waals surface area (Å²) in [6.45, 7) is 5.07. The molecule has 140 valence electrons. The second-order valence-corrected chi connectivity index (χ2v) is 7.00. The van der Waals surface area contributed by atoms with Gasteiger partial charge in [-0.1, -0.05) is 6.92 Å². The number of likely N-dealkylation sites (N-methyl/N-ethyl adjacent to an activating group) is 1. The third-order valence-corrected chi connectivity index (χ3v) is 5.50. The molecule has 8 heteroatoms. The van der Waals surface area contributed by atoms with E-state index in [1.807, 2.05) is 17.8 Å². The van der Waals surface area contributed by atoms with E-state index >= 15 is 0 Å². The molecule has 0 radical (unpaired) electrons. The maximum Gasteiger partial charge on any atom is 0.272 e. The van der Waals surface area contributed by atoms with Gasteiger partial charge in [-0.2, -0.15) is 5.10 Å². The van der Waals surface area contributed by atoms with E-state index in [0.717, 1.165) is 49.3 Å². The number of ether oxygens (including phenoxy) is 1. The number of nitrogens with zero attached hydrogens (tertiary/aromatic N) is 4. The number of hydrogen-bond donors (Lipinski definition) is 2. The molecule has 2 aromatic heterocycles. The van der Waals surface area contributed by atoms with Crippen LogP contribution in [-0.4, -0.2) is 62.9 Å². The number of amides is 1. The van der Waals surface area contributed by atoms with Crippen LogP contribution in [0.15, 0.2) is 12.5 Å². The van der Waals surface area contributed by atoms with E-state index in [0.29, 0.717) is 18.8 Å². The lowest BCUT2D eigenvalue weighted by Crippen LogP contribution is -2.50. The lowest BCUT2D eigenvalue weighted by atomic mass is 10.0. The second-order valence-electron chi connectivity index (χ2n) is 7.00. The summed E-state index contributed by atoms with van der Waals surface area (Å²) in [6.07, 6.45) is 6.57. The number of morpholine rings is 1. The first-order chi connectivity index (χ1) is 12.7. The van der Waals surface area contributed by atoms with Crippen molar-refractivity contribution in [3.63, 3.8) is 0 Å². The van der Waals surface area contributed by atoms with Crippen molar-refractivity contribution >= 4 is 5.91 Å². The number of nitrogens with one attached hydrogen (secondary N) is 2. The molecule has 8 nitrogen and oxygen atoms in total. The van der Waals surface area contributed by atoms with Crippen LogP contribution in [0.1, 0.15) is 46.8 Å². The molecule has 1 aliphatic heterocycles. The first-order valence-corrected chi connectivity index (χ1v) is 9.35. The minimum atomic E-state index is -0.120. The predicted octanol–water partition coefficient (Wildman–Crippen LogP) is 0.824. The summed E-state index contributed by atoms with van der Waals surface area (Å²) in [7, 11) is 1.99. The fourth-order valence-electron chi connectivity index (χ4n) is 4.13. The van der Waals surface area contributed by atoms with Crippen LogP contribution in [0.2, 0.25) is 0 Å². The number of H-pyrrole nitrogens is 1. The molecule has 0 spiro atoms. The van der Waals surface area contributed by atoms with Gasteiger partial charge < -0.3 is 14.6 Å². The predicted molar refractivity (Wildman–Crippen MR) is 95.9 cm³/mol. The van der Waals surface area contributed by atoms with Crippen LogP contribution in [-0.2, 0) is 24.6 Å². The van der Waals surface area contributed by atoms with E-state index < -0.39 is 0 Å². The first kappa shape index (κ1) is 17.2. The van der Waals surface area contributed by atoms with Crippen molar-refractivity contribution in [2.24, 2.45) is 7.05 Å². The van der Waals surface area contributed by atoms with Crippen molar-refractivity contribution in [1.29, 1.82) is 0 Å². The molecule has 0 unspecified atom stereocenters.